The highest BCUT2D eigenvalue weighted by atomic mass is 16.5. The third-order valence-electron chi connectivity index (χ3n) is 5.50. The number of nitriles is 1. The highest BCUT2D eigenvalue weighted by Crippen LogP contribution is 2.25. The van der Waals surface area contributed by atoms with Crippen LogP contribution in [0.1, 0.15) is 29.2 Å². The number of carbonyl (C=O) groups excluding carboxylic acids is 1. The van der Waals surface area contributed by atoms with E-state index in [4.69, 9.17) is 10.00 Å². The quantitative estimate of drug-likeness (QED) is 0.421. The monoisotopic (exact) mass is 423 g/mol. The lowest BCUT2D eigenvalue weighted by atomic mass is 10.1. The van der Waals surface area contributed by atoms with Gasteiger partial charge in [0.2, 0.25) is 5.91 Å². The van der Waals surface area contributed by atoms with Gasteiger partial charge in [-0.2, -0.15) is 5.26 Å². The summed E-state index contributed by atoms with van der Waals surface area (Å²) in [5, 5.41) is 13.2. The molecule has 0 fully saturated rings. The lowest BCUT2D eigenvalue weighted by Crippen LogP contribution is -2.15. The van der Waals surface area contributed by atoms with Crippen molar-refractivity contribution in [2.45, 2.75) is 33.4 Å². The molecule has 4 rings (SSSR count). The lowest BCUT2D eigenvalue weighted by Gasteiger charge is -2.12. The minimum atomic E-state index is -0.0471. The largest absolute Gasteiger partial charge is 0.489 e. The summed E-state index contributed by atoms with van der Waals surface area (Å²) in [6.07, 6.45) is 2.38. The average Bonchev–Trinajstić information content (AvgIpc) is 3.17. The van der Waals surface area contributed by atoms with Crippen LogP contribution in [0.15, 0.2) is 72.9 Å². The summed E-state index contributed by atoms with van der Waals surface area (Å²) < 4.78 is 8.03. The number of nitrogens with one attached hydrogen (secondary N) is 1. The Balaban J connectivity index is 1.41. The van der Waals surface area contributed by atoms with E-state index in [9.17, 15) is 4.79 Å². The molecule has 160 valence electrons. The first-order chi connectivity index (χ1) is 15.6. The first-order valence-electron chi connectivity index (χ1n) is 10.7. The molecule has 1 aromatic heterocycles. The van der Waals surface area contributed by atoms with Gasteiger partial charge in [-0.15, -0.1) is 0 Å². The van der Waals surface area contributed by atoms with Crippen molar-refractivity contribution in [3.8, 4) is 11.8 Å². The van der Waals surface area contributed by atoms with Gasteiger partial charge in [0, 0.05) is 29.3 Å². The van der Waals surface area contributed by atoms with Gasteiger partial charge in [0.1, 0.15) is 12.4 Å². The van der Waals surface area contributed by atoms with E-state index in [1.807, 2.05) is 55.5 Å². The molecule has 0 spiro atoms. The van der Waals surface area contributed by atoms with Crippen LogP contribution in [0.5, 0.6) is 5.75 Å². The number of benzene rings is 3. The summed E-state index contributed by atoms with van der Waals surface area (Å²) in [4.78, 5) is 12.8. The molecule has 1 N–H and O–H groups in total. The molecule has 0 saturated heterocycles. The van der Waals surface area contributed by atoms with E-state index in [1.165, 1.54) is 0 Å². The van der Waals surface area contributed by atoms with E-state index in [2.05, 4.69) is 41.2 Å². The molecule has 5 nitrogen and oxygen atoms in total. The van der Waals surface area contributed by atoms with E-state index in [0.717, 1.165) is 39.8 Å². The highest BCUT2D eigenvalue weighted by molar-refractivity contribution is 5.96. The zero-order chi connectivity index (χ0) is 22.5. The molecule has 0 aliphatic rings. The van der Waals surface area contributed by atoms with Crippen molar-refractivity contribution in [2.24, 2.45) is 0 Å². The van der Waals surface area contributed by atoms with Crippen molar-refractivity contribution in [3.05, 3.63) is 95.2 Å². The summed E-state index contributed by atoms with van der Waals surface area (Å²) in [6, 6.07) is 23.3. The minimum Gasteiger partial charge on any atom is -0.489 e. The second-order valence-electron chi connectivity index (χ2n) is 7.76. The molecule has 1 heterocycles. The molecule has 0 bridgehead atoms. The number of aryl methyl sites for hydroxylation is 2. The molecule has 5 heteroatoms. The van der Waals surface area contributed by atoms with Crippen molar-refractivity contribution < 1.29 is 9.53 Å². The Morgan fingerprint density at radius 2 is 1.94 bits per heavy atom. The number of carbonyl (C=O) groups is 1. The number of aromatic nitrogens is 1. The summed E-state index contributed by atoms with van der Waals surface area (Å²) in [7, 11) is 0. The summed E-state index contributed by atoms with van der Waals surface area (Å²) in [5.41, 5.74) is 5.42. The molecule has 1 amide bonds. The zero-order valence-corrected chi connectivity index (χ0v) is 18.3. The molecule has 32 heavy (non-hydrogen) atoms. The number of hydrogen-bond acceptors (Lipinski definition) is 3. The third kappa shape index (κ3) is 4.65. The highest BCUT2D eigenvalue weighted by Gasteiger charge is 2.12. The SMILES string of the molecule is CCn1cc(CC(=O)Nc2ccc(OCc3cccc(C#N)c3)cc2C)c2ccccc21. The van der Waals surface area contributed by atoms with Crippen LogP contribution in [0.4, 0.5) is 5.69 Å². The van der Waals surface area contributed by atoms with Gasteiger partial charge < -0.3 is 14.6 Å². The standard InChI is InChI=1S/C27H25N3O2/c1-3-30-17-22(24-9-4-5-10-26(24)30)15-27(31)29-25-12-11-23(13-19(25)2)32-18-21-8-6-7-20(14-21)16-28/h4-14,17H,3,15,18H2,1-2H3,(H,29,31). The van der Waals surface area contributed by atoms with Crippen molar-refractivity contribution in [2.75, 3.05) is 5.32 Å². The maximum absolute atomic E-state index is 12.8. The number of amides is 1. The van der Waals surface area contributed by atoms with Crippen LogP contribution in [-0.2, 0) is 24.4 Å². The minimum absolute atomic E-state index is 0.0471. The third-order valence-corrected chi connectivity index (χ3v) is 5.50. The number of nitrogens with zero attached hydrogens (tertiary/aromatic N) is 2. The maximum Gasteiger partial charge on any atom is 0.228 e. The van der Waals surface area contributed by atoms with Crippen molar-refractivity contribution in [3.63, 3.8) is 0 Å². The second kappa shape index (κ2) is 9.40. The van der Waals surface area contributed by atoms with Crippen LogP contribution < -0.4 is 10.1 Å². The summed E-state index contributed by atoms with van der Waals surface area (Å²) >= 11 is 0. The zero-order valence-electron chi connectivity index (χ0n) is 18.3. The molecule has 0 radical (unpaired) electrons. The molecule has 0 saturated carbocycles. The topological polar surface area (TPSA) is 67.1 Å². The lowest BCUT2D eigenvalue weighted by molar-refractivity contribution is -0.115. The van der Waals surface area contributed by atoms with Gasteiger partial charge in [0.05, 0.1) is 18.1 Å². The van der Waals surface area contributed by atoms with Crippen LogP contribution in [0.3, 0.4) is 0 Å². The van der Waals surface area contributed by atoms with Crippen LogP contribution >= 0.6 is 0 Å². The number of anilines is 1. The van der Waals surface area contributed by atoms with Crippen LogP contribution in [0.25, 0.3) is 10.9 Å². The normalized spacial score (nSPS) is 10.7. The van der Waals surface area contributed by atoms with Gasteiger partial charge >= 0.3 is 0 Å². The number of rotatable bonds is 7. The predicted molar refractivity (Wildman–Crippen MR) is 127 cm³/mol. The smallest absolute Gasteiger partial charge is 0.228 e. The summed E-state index contributed by atoms with van der Waals surface area (Å²) in [6.45, 7) is 5.29. The van der Waals surface area contributed by atoms with Crippen LogP contribution in [0, 0.1) is 18.3 Å². The Morgan fingerprint density at radius 3 is 2.72 bits per heavy atom. The fourth-order valence-electron chi connectivity index (χ4n) is 3.86. The maximum atomic E-state index is 12.8. The van der Waals surface area contributed by atoms with Crippen molar-refractivity contribution in [1.29, 1.82) is 5.26 Å². The van der Waals surface area contributed by atoms with Gasteiger partial charge in [-0.05, 0) is 66.9 Å². The Bertz CT molecular complexity index is 1310. The molecule has 0 atom stereocenters. The Labute approximate surface area is 187 Å². The van der Waals surface area contributed by atoms with E-state index in [1.54, 1.807) is 6.07 Å². The van der Waals surface area contributed by atoms with Crippen molar-refractivity contribution in [1.82, 2.24) is 4.57 Å². The van der Waals surface area contributed by atoms with E-state index >= 15 is 0 Å². The predicted octanol–water partition coefficient (Wildman–Crippen LogP) is 5.60. The molecular formula is C27H25N3O2. The van der Waals surface area contributed by atoms with Gasteiger partial charge in [-0.3, -0.25) is 4.79 Å². The Morgan fingerprint density at radius 1 is 1.09 bits per heavy atom. The summed E-state index contributed by atoms with van der Waals surface area (Å²) in [5.74, 6) is 0.669. The first kappa shape index (κ1) is 21.2. The average molecular weight is 424 g/mol. The Kier molecular flexibility index (Phi) is 6.23. The fourth-order valence-corrected chi connectivity index (χ4v) is 3.86. The van der Waals surface area contributed by atoms with E-state index < -0.39 is 0 Å². The Hall–Kier alpha value is -4.04. The molecule has 3 aromatic carbocycles. The van der Waals surface area contributed by atoms with Crippen LogP contribution in [0.2, 0.25) is 0 Å². The van der Waals surface area contributed by atoms with Gasteiger partial charge in [-0.1, -0.05) is 30.3 Å². The molecule has 0 aliphatic carbocycles. The van der Waals surface area contributed by atoms with Crippen LogP contribution in [-0.4, -0.2) is 10.5 Å². The number of para-hydroxylation sites is 1. The van der Waals surface area contributed by atoms with Gasteiger partial charge in [-0.25, -0.2) is 0 Å². The second-order valence-corrected chi connectivity index (χ2v) is 7.76. The number of ether oxygens (including phenoxy) is 1. The molecular weight excluding hydrogens is 398 g/mol. The first-order valence-corrected chi connectivity index (χ1v) is 10.7. The molecule has 4 aromatic rings. The van der Waals surface area contributed by atoms with Crippen molar-refractivity contribution >= 4 is 22.5 Å². The van der Waals surface area contributed by atoms with E-state index in [0.29, 0.717) is 24.3 Å². The number of fused-ring (bicyclic) bond motifs is 1. The fraction of sp³-hybridized carbons (Fsp3) is 0.185. The molecule has 0 aliphatic heterocycles. The molecule has 0 unspecified atom stereocenters. The number of hydrogen-bond donors (Lipinski definition) is 1. The van der Waals surface area contributed by atoms with E-state index in [-0.39, 0.29) is 5.91 Å². The van der Waals surface area contributed by atoms with Gasteiger partial charge in [0.15, 0.2) is 0 Å². The van der Waals surface area contributed by atoms with Gasteiger partial charge in [0.25, 0.3) is 0 Å².